The van der Waals surface area contributed by atoms with Crippen LogP contribution in [-0.4, -0.2) is 55.1 Å². The maximum absolute atomic E-state index is 11.8. The molecule has 2 aromatic rings. The third-order valence-electron chi connectivity index (χ3n) is 6.17. The fraction of sp³-hybridized carbons (Fsp3) is 0.552. The number of carbonyl (C=O) groups excluding carboxylic acids is 2. The van der Waals surface area contributed by atoms with Crippen LogP contribution in [0.5, 0.6) is 11.5 Å². The summed E-state index contributed by atoms with van der Waals surface area (Å²) in [6.07, 6.45) is 6.91. The lowest BCUT2D eigenvalue weighted by Gasteiger charge is -2.24. The average Bonchev–Trinajstić information content (AvgIpc) is 2.87. The first kappa shape index (κ1) is 30.9. The zero-order valence-electron chi connectivity index (χ0n) is 23.3. The van der Waals surface area contributed by atoms with Gasteiger partial charge in [0.25, 0.3) is 0 Å². The van der Waals surface area contributed by atoms with Gasteiger partial charge in [0.2, 0.25) is 0 Å². The lowest BCUT2D eigenvalue weighted by atomic mass is 9.96. The summed E-state index contributed by atoms with van der Waals surface area (Å²) in [4.78, 5) is 27.8. The molecule has 9 nitrogen and oxygen atoms in total. The highest BCUT2D eigenvalue weighted by Crippen LogP contribution is 2.34. The predicted octanol–water partition coefficient (Wildman–Crippen LogP) is 4.74. The number of ether oxygens (including phenoxy) is 3. The molecule has 0 saturated heterocycles. The molecule has 0 saturated carbocycles. The first-order valence-corrected chi connectivity index (χ1v) is 13.3. The van der Waals surface area contributed by atoms with Gasteiger partial charge in [0.1, 0.15) is 18.0 Å². The van der Waals surface area contributed by atoms with Crippen molar-refractivity contribution in [2.24, 2.45) is 0 Å². The van der Waals surface area contributed by atoms with Crippen molar-refractivity contribution in [2.45, 2.75) is 84.3 Å². The second-order valence-electron chi connectivity index (χ2n) is 9.47. The van der Waals surface area contributed by atoms with Crippen LogP contribution in [0.15, 0.2) is 30.5 Å². The monoisotopic (exact) mass is 529 g/mol. The van der Waals surface area contributed by atoms with E-state index in [0.717, 1.165) is 48.2 Å². The Labute approximate surface area is 226 Å². The Bertz CT molecular complexity index is 1030. The minimum Gasteiger partial charge on any atom is -0.504 e. The highest BCUT2D eigenvalue weighted by atomic mass is 16.6. The number of hydrogen-bond acceptors (Lipinski definition) is 9. The van der Waals surface area contributed by atoms with Gasteiger partial charge in [-0.2, -0.15) is 0 Å². The number of benzene rings is 1. The lowest BCUT2D eigenvalue weighted by Crippen LogP contribution is -2.27. The number of esters is 2. The van der Waals surface area contributed by atoms with Crippen molar-refractivity contribution in [3.05, 3.63) is 47.2 Å². The zero-order valence-corrected chi connectivity index (χ0v) is 23.3. The minimum atomic E-state index is -0.400. The molecule has 0 unspecified atom stereocenters. The van der Waals surface area contributed by atoms with Gasteiger partial charge in [-0.25, -0.2) is 4.98 Å². The lowest BCUT2D eigenvalue weighted by molar-refractivity contribution is -0.153. The van der Waals surface area contributed by atoms with E-state index in [1.165, 1.54) is 21.0 Å². The van der Waals surface area contributed by atoms with Crippen LogP contribution in [0, 0.1) is 0 Å². The molecule has 0 aliphatic carbocycles. The van der Waals surface area contributed by atoms with Crippen molar-refractivity contribution < 1.29 is 28.9 Å². The van der Waals surface area contributed by atoms with Gasteiger partial charge in [-0.3, -0.25) is 9.59 Å². The number of carbonyl (C=O) groups is 2. The second-order valence-corrected chi connectivity index (χ2v) is 9.47. The Hall–Kier alpha value is -3.33. The summed E-state index contributed by atoms with van der Waals surface area (Å²) in [7, 11) is 3.37. The molecule has 1 aromatic heterocycles. The normalized spacial score (nSPS) is 12.4. The third-order valence-corrected chi connectivity index (χ3v) is 6.17. The van der Waals surface area contributed by atoms with Crippen molar-refractivity contribution >= 4 is 17.8 Å². The van der Waals surface area contributed by atoms with E-state index in [1.54, 1.807) is 12.3 Å². The molecule has 3 N–H and O–H groups in total. The first-order valence-electron chi connectivity index (χ1n) is 13.3. The smallest absolute Gasteiger partial charge is 0.302 e. The van der Waals surface area contributed by atoms with Crippen LogP contribution in [0.1, 0.15) is 76.0 Å². The Morgan fingerprint density at radius 3 is 2.37 bits per heavy atom. The number of rotatable bonds is 17. The number of methoxy groups -OCH3 is 1. The van der Waals surface area contributed by atoms with E-state index in [2.05, 4.69) is 22.5 Å². The van der Waals surface area contributed by atoms with Gasteiger partial charge >= 0.3 is 11.9 Å². The van der Waals surface area contributed by atoms with Crippen molar-refractivity contribution in [1.29, 1.82) is 0 Å². The fourth-order valence-electron chi connectivity index (χ4n) is 4.41. The van der Waals surface area contributed by atoms with Crippen LogP contribution >= 0.6 is 0 Å². The molecule has 0 aliphatic heterocycles. The van der Waals surface area contributed by atoms with Crippen LogP contribution in [0.4, 0.5) is 5.82 Å². The number of aromatic hydroxyl groups is 1. The topological polar surface area (TPSA) is 119 Å². The summed E-state index contributed by atoms with van der Waals surface area (Å²) < 4.78 is 16.6. The molecule has 38 heavy (non-hydrogen) atoms. The zero-order chi connectivity index (χ0) is 27.9. The van der Waals surface area contributed by atoms with E-state index in [-0.39, 0.29) is 23.8 Å². The number of hydrogen-bond donors (Lipinski definition) is 3. The number of pyridine rings is 1. The molecule has 9 heteroatoms. The molecule has 210 valence electrons. The van der Waals surface area contributed by atoms with E-state index in [0.29, 0.717) is 38.1 Å². The van der Waals surface area contributed by atoms with Gasteiger partial charge in [-0.15, -0.1) is 0 Å². The van der Waals surface area contributed by atoms with Crippen LogP contribution in [-0.2, 0) is 31.9 Å². The van der Waals surface area contributed by atoms with Crippen molar-refractivity contribution in [1.82, 2.24) is 10.3 Å². The number of unbranched alkanes of at least 4 members (excludes halogenated alkanes) is 2. The van der Waals surface area contributed by atoms with Gasteiger partial charge in [0.15, 0.2) is 11.5 Å². The highest BCUT2D eigenvalue weighted by molar-refractivity contribution is 5.66. The Balaban J connectivity index is 2.19. The number of aryl methyl sites for hydroxylation is 1. The van der Waals surface area contributed by atoms with Gasteiger partial charge in [0, 0.05) is 38.4 Å². The minimum absolute atomic E-state index is 0.0974. The summed E-state index contributed by atoms with van der Waals surface area (Å²) in [5.41, 5.74) is 2.66. The maximum Gasteiger partial charge on any atom is 0.302 e. The summed E-state index contributed by atoms with van der Waals surface area (Å²) in [5, 5.41) is 17.0. The van der Waals surface area contributed by atoms with E-state index in [4.69, 9.17) is 14.2 Å². The number of nitrogens with zero attached hydrogens (tertiary/aromatic N) is 1. The molecule has 0 fully saturated rings. The van der Waals surface area contributed by atoms with E-state index >= 15 is 0 Å². The predicted molar refractivity (Wildman–Crippen MR) is 147 cm³/mol. The summed E-state index contributed by atoms with van der Waals surface area (Å²) in [6, 6.07) is 7.61. The summed E-state index contributed by atoms with van der Waals surface area (Å²) >= 11 is 0. The van der Waals surface area contributed by atoms with Crippen LogP contribution in [0.3, 0.4) is 0 Å². The second kappa shape index (κ2) is 16.5. The molecule has 2 atom stereocenters. The molecular weight excluding hydrogens is 486 g/mol. The standard InChI is InChI=1S/C29H43N3O6/c1-6-7-8-9-25(37-20(2)33)18-26(38-21(3)34)11-10-22-14-24(29(35)27(16-22)36-5)15-23-12-13-31-28(17-23)32-19-30-4/h12-14,16-17,25-26,30,35H,6-11,15,18-19H2,1-5H3,(H,31,32)/t25-,26+/m0/s1. The highest BCUT2D eigenvalue weighted by Gasteiger charge is 2.22. The molecule has 0 aliphatic rings. The number of phenols is 1. The number of aromatic nitrogens is 1. The van der Waals surface area contributed by atoms with Gasteiger partial charge in [-0.1, -0.05) is 25.8 Å². The molecule has 1 aromatic carbocycles. The van der Waals surface area contributed by atoms with Crippen LogP contribution in [0.25, 0.3) is 0 Å². The largest absolute Gasteiger partial charge is 0.504 e. The van der Waals surface area contributed by atoms with E-state index in [1.807, 2.05) is 25.2 Å². The molecule has 0 spiro atoms. The maximum atomic E-state index is 11.8. The SMILES string of the molecule is CCCCC[C@@H](C[C@@H](CCc1cc(Cc2ccnc(NCNC)c2)c(O)c(OC)c1)OC(C)=O)OC(C)=O. The number of anilines is 1. The molecular formula is C29H43N3O6. The summed E-state index contributed by atoms with van der Waals surface area (Å²) in [6.45, 7) is 5.50. The number of phenolic OH excluding ortho intramolecular Hbond substituents is 1. The molecule has 0 radical (unpaired) electrons. The van der Waals surface area contributed by atoms with Crippen molar-refractivity contribution in [3.8, 4) is 11.5 Å². The van der Waals surface area contributed by atoms with Crippen molar-refractivity contribution in [2.75, 3.05) is 26.1 Å². The van der Waals surface area contributed by atoms with Gasteiger partial charge < -0.3 is 30.0 Å². The average molecular weight is 530 g/mol. The van der Waals surface area contributed by atoms with Crippen molar-refractivity contribution in [3.63, 3.8) is 0 Å². The first-order chi connectivity index (χ1) is 18.2. The molecule has 0 bridgehead atoms. The van der Waals surface area contributed by atoms with Gasteiger partial charge in [-0.05, 0) is 62.1 Å². The Morgan fingerprint density at radius 2 is 1.74 bits per heavy atom. The van der Waals surface area contributed by atoms with Crippen LogP contribution in [0.2, 0.25) is 0 Å². The number of nitrogens with one attached hydrogen (secondary N) is 2. The third kappa shape index (κ3) is 11.0. The van der Waals surface area contributed by atoms with Gasteiger partial charge in [0.05, 0.1) is 13.8 Å². The quantitative estimate of drug-likeness (QED) is 0.152. The Kier molecular flexibility index (Phi) is 13.4. The van der Waals surface area contributed by atoms with E-state index < -0.39 is 6.10 Å². The van der Waals surface area contributed by atoms with Crippen LogP contribution < -0.4 is 15.4 Å². The summed E-state index contributed by atoms with van der Waals surface area (Å²) in [5.74, 6) is 0.530. The molecule has 1 heterocycles. The fourth-order valence-corrected chi connectivity index (χ4v) is 4.41. The molecule has 2 rings (SSSR count). The van der Waals surface area contributed by atoms with E-state index in [9.17, 15) is 14.7 Å². The molecule has 0 amide bonds. The Morgan fingerprint density at radius 1 is 1.03 bits per heavy atom.